The van der Waals surface area contributed by atoms with E-state index in [4.69, 9.17) is 0 Å². The van der Waals surface area contributed by atoms with Crippen LogP contribution in [0.4, 0.5) is 17.6 Å². The Labute approximate surface area is 102 Å². The van der Waals surface area contributed by atoms with Crippen molar-refractivity contribution >= 4 is 6.21 Å². The highest BCUT2D eigenvalue weighted by molar-refractivity contribution is 5.78. The summed E-state index contributed by atoms with van der Waals surface area (Å²) in [7, 11) is 0. The van der Waals surface area contributed by atoms with Crippen molar-refractivity contribution < 1.29 is 22.3 Å². The van der Waals surface area contributed by atoms with Gasteiger partial charge in [-0.1, -0.05) is 0 Å². The first-order valence-corrected chi connectivity index (χ1v) is 5.20. The van der Waals surface area contributed by atoms with Gasteiger partial charge in [-0.25, -0.2) is 9.13 Å². The fourth-order valence-corrected chi connectivity index (χ4v) is 1.21. The Morgan fingerprint density at radius 1 is 1.17 bits per heavy atom. The molecule has 0 fully saturated rings. The van der Waals surface area contributed by atoms with E-state index in [1.54, 1.807) is 20.8 Å². The molecule has 2 nitrogen and oxygen atoms in total. The zero-order valence-electron chi connectivity index (χ0n) is 10.2. The molecule has 1 aromatic carbocycles. The standard InChI is InChI=1S/C12H13F4NO/c1-11(2,3)17(18)7-8-4-5-9(13)6-10(8)12(14,15)16/h4-7H,1-3H3/b17-7-. The molecule has 0 amide bonds. The quantitative estimate of drug-likeness (QED) is 0.250. The van der Waals surface area contributed by atoms with E-state index in [1.165, 1.54) is 0 Å². The maximum Gasteiger partial charge on any atom is 0.417 e. The molecule has 0 heterocycles. The van der Waals surface area contributed by atoms with Crippen molar-refractivity contribution in [1.29, 1.82) is 0 Å². The average molecular weight is 263 g/mol. The third-order valence-corrected chi connectivity index (χ3v) is 2.24. The van der Waals surface area contributed by atoms with Crippen molar-refractivity contribution in [2.75, 3.05) is 0 Å². The van der Waals surface area contributed by atoms with E-state index in [9.17, 15) is 22.8 Å². The van der Waals surface area contributed by atoms with Crippen molar-refractivity contribution in [3.05, 3.63) is 40.4 Å². The Morgan fingerprint density at radius 3 is 2.17 bits per heavy atom. The summed E-state index contributed by atoms with van der Waals surface area (Å²) >= 11 is 0. The van der Waals surface area contributed by atoms with E-state index < -0.39 is 23.1 Å². The molecule has 100 valence electrons. The van der Waals surface area contributed by atoms with Crippen LogP contribution in [0.5, 0.6) is 0 Å². The average Bonchev–Trinajstić information content (AvgIpc) is 2.17. The largest absolute Gasteiger partial charge is 0.623 e. The van der Waals surface area contributed by atoms with Crippen LogP contribution in [0, 0.1) is 11.0 Å². The molecule has 0 N–H and O–H groups in total. The third kappa shape index (κ3) is 3.45. The van der Waals surface area contributed by atoms with Crippen molar-refractivity contribution in [1.82, 2.24) is 0 Å². The minimum atomic E-state index is -4.70. The number of hydrogen-bond acceptors (Lipinski definition) is 1. The van der Waals surface area contributed by atoms with Crippen LogP contribution in [-0.2, 0) is 6.18 Å². The molecule has 0 bridgehead atoms. The molecule has 0 aromatic heterocycles. The van der Waals surface area contributed by atoms with E-state index in [-0.39, 0.29) is 5.56 Å². The molecule has 6 heteroatoms. The van der Waals surface area contributed by atoms with Gasteiger partial charge in [0.05, 0.1) is 11.1 Å². The molecular weight excluding hydrogens is 250 g/mol. The number of nitrogens with zero attached hydrogens (tertiary/aromatic N) is 1. The second-order valence-corrected chi connectivity index (χ2v) is 4.86. The molecule has 0 unspecified atom stereocenters. The predicted octanol–water partition coefficient (Wildman–Crippen LogP) is 3.57. The summed E-state index contributed by atoms with van der Waals surface area (Å²) in [4.78, 5) is 0. The van der Waals surface area contributed by atoms with Crippen LogP contribution in [-0.4, -0.2) is 16.5 Å². The van der Waals surface area contributed by atoms with Crippen LogP contribution in [0.2, 0.25) is 0 Å². The summed E-state index contributed by atoms with van der Waals surface area (Å²) in [5.41, 5.74) is -2.38. The molecule has 1 aromatic rings. The van der Waals surface area contributed by atoms with Gasteiger partial charge in [0.15, 0.2) is 11.8 Å². The minimum absolute atomic E-state index is 0.353. The zero-order valence-corrected chi connectivity index (χ0v) is 10.2. The number of halogens is 4. The zero-order chi connectivity index (χ0) is 14.1. The Hall–Kier alpha value is -1.59. The highest BCUT2D eigenvalue weighted by Crippen LogP contribution is 2.32. The van der Waals surface area contributed by atoms with E-state index in [0.29, 0.717) is 10.8 Å². The van der Waals surface area contributed by atoms with Crippen LogP contribution in [0.15, 0.2) is 18.2 Å². The number of benzene rings is 1. The summed E-state index contributed by atoms with van der Waals surface area (Å²) in [6.07, 6.45) is -3.88. The SMILES string of the molecule is CC(C)(C)/[N+]([O-])=C/c1ccc(F)cc1C(F)(F)F. The van der Waals surface area contributed by atoms with Crippen molar-refractivity contribution in [3.8, 4) is 0 Å². The minimum Gasteiger partial charge on any atom is -0.623 e. The molecule has 1 rings (SSSR count). The van der Waals surface area contributed by atoms with Gasteiger partial charge in [0.25, 0.3) is 0 Å². The van der Waals surface area contributed by atoms with E-state index in [1.807, 2.05) is 0 Å². The molecule has 0 aliphatic heterocycles. The summed E-state index contributed by atoms with van der Waals surface area (Å²) < 4.78 is 51.3. The fraction of sp³-hybridized carbons (Fsp3) is 0.417. The maximum atomic E-state index is 12.8. The van der Waals surface area contributed by atoms with Crippen LogP contribution in [0.25, 0.3) is 0 Å². The lowest BCUT2D eigenvalue weighted by molar-refractivity contribution is -0.530. The van der Waals surface area contributed by atoms with Crippen molar-refractivity contribution in [3.63, 3.8) is 0 Å². The topological polar surface area (TPSA) is 26.1 Å². The summed E-state index contributed by atoms with van der Waals surface area (Å²) in [5, 5.41) is 11.6. The molecule has 0 aliphatic carbocycles. The highest BCUT2D eigenvalue weighted by atomic mass is 19.4. The highest BCUT2D eigenvalue weighted by Gasteiger charge is 2.34. The first kappa shape index (κ1) is 14.5. The van der Waals surface area contributed by atoms with Gasteiger partial charge in [-0.3, -0.25) is 0 Å². The lowest BCUT2D eigenvalue weighted by Gasteiger charge is -2.19. The van der Waals surface area contributed by atoms with E-state index in [2.05, 4.69) is 0 Å². The lowest BCUT2D eigenvalue weighted by Crippen LogP contribution is -2.29. The Bertz CT molecular complexity index is 472. The normalized spacial score (nSPS) is 13.8. The van der Waals surface area contributed by atoms with Gasteiger partial charge in [-0.2, -0.15) is 13.2 Å². The summed E-state index contributed by atoms with van der Waals surface area (Å²) in [6, 6.07) is 2.20. The van der Waals surface area contributed by atoms with Crippen molar-refractivity contribution in [2.24, 2.45) is 0 Å². The van der Waals surface area contributed by atoms with Crippen LogP contribution < -0.4 is 0 Å². The van der Waals surface area contributed by atoms with E-state index >= 15 is 0 Å². The molecule has 0 radical (unpaired) electrons. The van der Waals surface area contributed by atoms with Crippen LogP contribution in [0.3, 0.4) is 0 Å². The second-order valence-electron chi connectivity index (χ2n) is 4.86. The predicted molar refractivity (Wildman–Crippen MR) is 59.9 cm³/mol. The number of rotatable bonds is 1. The molecule has 18 heavy (non-hydrogen) atoms. The van der Waals surface area contributed by atoms with Gasteiger partial charge in [0.2, 0.25) is 0 Å². The third-order valence-electron chi connectivity index (χ3n) is 2.24. The second kappa shape index (κ2) is 4.59. The molecule has 0 aliphatic rings. The fourth-order valence-electron chi connectivity index (χ4n) is 1.21. The van der Waals surface area contributed by atoms with Gasteiger partial charge in [-0.05, 0) is 18.2 Å². The van der Waals surface area contributed by atoms with E-state index in [0.717, 1.165) is 18.3 Å². The first-order chi connectivity index (χ1) is 8.01. The smallest absolute Gasteiger partial charge is 0.417 e. The van der Waals surface area contributed by atoms with Crippen LogP contribution in [0.1, 0.15) is 31.9 Å². The Balaban J connectivity index is 3.35. The molecule has 0 atom stereocenters. The molecular formula is C12H13F4NO. The van der Waals surface area contributed by atoms with Gasteiger partial charge >= 0.3 is 6.18 Å². The first-order valence-electron chi connectivity index (χ1n) is 5.20. The maximum absolute atomic E-state index is 12.8. The molecule has 0 saturated carbocycles. The van der Waals surface area contributed by atoms with Crippen molar-refractivity contribution in [2.45, 2.75) is 32.5 Å². The number of alkyl halides is 3. The summed E-state index contributed by atoms with van der Waals surface area (Å²) in [5.74, 6) is -0.993. The Morgan fingerprint density at radius 2 is 1.72 bits per heavy atom. The molecule has 0 saturated heterocycles. The lowest BCUT2D eigenvalue weighted by atomic mass is 10.1. The number of hydrogen-bond donors (Lipinski definition) is 0. The van der Waals surface area contributed by atoms with Gasteiger partial charge in [0.1, 0.15) is 5.82 Å². The number of hydroxylamine groups is 1. The van der Waals surface area contributed by atoms with Gasteiger partial charge in [0, 0.05) is 20.8 Å². The van der Waals surface area contributed by atoms with Crippen LogP contribution >= 0.6 is 0 Å². The monoisotopic (exact) mass is 263 g/mol. The summed E-state index contributed by atoms with van der Waals surface area (Å²) in [6.45, 7) is 4.69. The Kier molecular flexibility index (Phi) is 3.69. The van der Waals surface area contributed by atoms with Gasteiger partial charge < -0.3 is 5.21 Å². The molecule has 0 spiro atoms. The van der Waals surface area contributed by atoms with Gasteiger partial charge in [-0.15, -0.1) is 0 Å².